The number of nitrogens with two attached hydrogens (primary N) is 1. The van der Waals surface area contributed by atoms with Gasteiger partial charge in [-0.2, -0.15) is 0 Å². The summed E-state index contributed by atoms with van der Waals surface area (Å²) < 4.78 is 0. The van der Waals surface area contributed by atoms with Gasteiger partial charge in [0.1, 0.15) is 10.7 Å². The highest BCUT2D eigenvalue weighted by Crippen LogP contribution is 2.37. The number of benzene rings is 1. The molecule has 0 fully saturated rings. The number of aryl methyl sites for hydroxylation is 1. The van der Waals surface area contributed by atoms with Gasteiger partial charge in [0.2, 0.25) is 5.95 Å². The van der Waals surface area contributed by atoms with Crippen molar-refractivity contribution in [3.05, 3.63) is 46.2 Å². The van der Waals surface area contributed by atoms with Crippen LogP contribution in [-0.4, -0.2) is 15.0 Å². The molecule has 0 spiro atoms. The SMILES string of the molecule is Cc1ccc(-c2ncc(-c3nc(N)ncc3Cl)s2)c(Cl)c1. The van der Waals surface area contributed by atoms with Crippen molar-refractivity contribution in [3.63, 3.8) is 0 Å². The van der Waals surface area contributed by atoms with Crippen LogP contribution in [0.5, 0.6) is 0 Å². The molecule has 0 saturated carbocycles. The number of thiazole rings is 1. The number of rotatable bonds is 2. The summed E-state index contributed by atoms with van der Waals surface area (Å²) in [6.07, 6.45) is 3.20. The van der Waals surface area contributed by atoms with Crippen molar-refractivity contribution in [1.29, 1.82) is 0 Å². The van der Waals surface area contributed by atoms with Crippen LogP contribution in [-0.2, 0) is 0 Å². The van der Waals surface area contributed by atoms with E-state index in [0.29, 0.717) is 15.7 Å². The van der Waals surface area contributed by atoms with Crippen molar-refractivity contribution in [1.82, 2.24) is 15.0 Å². The molecule has 2 N–H and O–H groups in total. The summed E-state index contributed by atoms with van der Waals surface area (Å²) in [6, 6.07) is 5.86. The van der Waals surface area contributed by atoms with Crippen LogP contribution in [0, 0.1) is 6.92 Å². The minimum atomic E-state index is 0.178. The molecule has 7 heteroatoms. The minimum absolute atomic E-state index is 0.178. The van der Waals surface area contributed by atoms with Crippen molar-refractivity contribution in [2.24, 2.45) is 0 Å². The molecular weight excluding hydrogens is 327 g/mol. The lowest BCUT2D eigenvalue weighted by atomic mass is 10.1. The Morgan fingerprint density at radius 3 is 2.67 bits per heavy atom. The Morgan fingerprint density at radius 1 is 1.10 bits per heavy atom. The summed E-state index contributed by atoms with van der Waals surface area (Å²) in [5.41, 5.74) is 8.18. The third-order valence-corrected chi connectivity index (χ3v) is 4.48. The van der Waals surface area contributed by atoms with Crippen LogP contribution in [0.2, 0.25) is 10.0 Å². The average molecular weight is 337 g/mol. The van der Waals surface area contributed by atoms with Gasteiger partial charge in [0.15, 0.2) is 0 Å². The Bertz CT molecular complexity index is 816. The quantitative estimate of drug-likeness (QED) is 0.750. The molecule has 3 aromatic rings. The lowest BCUT2D eigenvalue weighted by molar-refractivity contribution is 1.19. The van der Waals surface area contributed by atoms with Crippen molar-refractivity contribution >= 4 is 40.5 Å². The van der Waals surface area contributed by atoms with Gasteiger partial charge in [-0.15, -0.1) is 11.3 Å². The Morgan fingerprint density at radius 2 is 1.90 bits per heavy atom. The molecule has 0 saturated heterocycles. The van der Waals surface area contributed by atoms with Gasteiger partial charge in [-0.05, 0) is 18.6 Å². The van der Waals surface area contributed by atoms with Gasteiger partial charge in [-0.25, -0.2) is 15.0 Å². The van der Waals surface area contributed by atoms with Gasteiger partial charge in [0.25, 0.3) is 0 Å². The molecule has 1 aromatic carbocycles. The molecule has 4 nitrogen and oxygen atoms in total. The van der Waals surface area contributed by atoms with E-state index in [0.717, 1.165) is 21.0 Å². The molecule has 0 atom stereocenters. The maximum atomic E-state index is 6.27. The molecular formula is C14H10Cl2N4S. The molecule has 21 heavy (non-hydrogen) atoms. The number of nitrogens with zero attached hydrogens (tertiary/aromatic N) is 3. The molecule has 2 heterocycles. The number of hydrogen-bond acceptors (Lipinski definition) is 5. The van der Waals surface area contributed by atoms with Crippen LogP contribution in [0.25, 0.3) is 21.1 Å². The summed E-state index contributed by atoms with van der Waals surface area (Å²) in [5, 5.41) is 1.92. The fourth-order valence-electron chi connectivity index (χ4n) is 1.86. The lowest BCUT2D eigenvalue weighted by Crippen LogP contribution is -1.95. The third-order valence-electron chi connectivity index (χ3n) is 2.86. The minimum Gasteiger partial charge on any atom is -0.368 e. The number of nitrogen functional groups attached to an aromatic ring is 1. The van der Waals surface area contributed by atoms with E-state index in [2.05, 4.69) is 15.0 Å². The van der Waals surface area contributed by atoms with E-state index in [9.17, 15) is 0 Å². The molecule has 0 radical (unpaired) electrons. The van der Waals surface area contributed by atoms with Crippen LogP contribution in [0.3, 0.4) is 0 Å². The van der Waals surface area contributed by atoms with Crippen LogP contribution >= 0.6 is 34.5 Å². The van der Waals surface area contributed by atoms with Crippen molar-refractivity contribution in [3.8, 4) is 21.1 Å². The van der Waals surface area contributed by atoms with Gasteiger partial charge < -0.3 is 5.73 Å². The van der Waals surface area contributed by atoms with E-state index >= 15 is 0 Å². The molecule has 0 aliphatic heterocycles. The summed E-state index contributed by atoms with van der Waals surface area (Å²) in [4.78, 5) is 13.2. The van der Waals surface area contributed by atoms with E-state index in [1.54, 1.807) is 6.20 Å². The molecule has 0 bridgehead atoms. The second-order valence-electron chi connectivity index (χ2n) is 4.44. The summed E-state index contributed by atoms with van der Waals surface area (Å²) in [6.45, 7) is 1.99. The van der Waals surface area contributed by atoms with Gasteiger partial charge in [0.05, 0.1) is 21.1 Å². The van der Waals surface area contributed by atoms with E-state index in [1.165, 1.54) is 17.5 Å². The molecule has 106 valence electrons. The summed E-state index contributed by atoms with van der Waals surface area (Å²) in [5.74, 6) is 0.178. The lowest BCUT2D eigenvalue weighted by Gasteiger charge is -2.02. The van der Waals surface area contributed by atoms with E-state index in [1.807, 2.05) is 25.1 Å². The molecule has 0 amide bonds. The number of hydrogen-bond donors (Lipinski definition) is 1. The van der Waals surface area contributed by atoms with E-state index < -0.39 is 0 Å². The summed E-state index contributed by atoms with van der Waals surface area (Å²) in [7, 11) is 0. The highest BCUT2D eigenvalue weighted by atomic mass is 35.5. The smallest absolute Gasteiger partial charge is 0.220 e. The number of anilines is 1. The third kappa shape index (κ3) is 2.85. The Labute approximate surface area is 135 Å². The maximum Gasteiger partial charge on any atom is 0.220 e. The molecule has 0 aliphatic carbocycles. The molecule has 3 rings (SSSR count). The standard InChI is InChI=1S/C14H10Cl2N4S/c1-7-2-3-8(9(15)4-7)13-18-6-11(21-13)12-10(16)5-19-14(17)20-12/h2-6H,1H3,(H2,17,19,20). The Hall–Kier alpha value is -1.69. The average Bonchev–Trinajstić information content (AvgIpc) is 2.91. The second kappa shape index (κ2) is 5.60. The predicted octanol–water partition coefficient (Wildman–Crippen LogP) is 4.46. The Kier molecular flexibility index (Phi) is 3.80. The first kappa shape index (κ1) is 14.3. The molecule has 0 unspecified atom stereocenters. The molecule has 2 aromatic heterocycles. The second-order valence-corrected chi connectivity index (χ2v) is 6.28. The number of halogens is 2. The van der Waals surface area contributed by atoms with Crippen LogP contribution in [0.4, 0.5) is 5.95 Å². The van der Waals surface area contributed by atoms with Gasteiger partial charge in [0, 0.05) is 11.8 Å². The van der Waals surface area contributed by atoms with Gasteiger partial charge >= 0.3 is 0 Å². The van der Waals surface area contributed by atoms with E-state index in [4.69, 9.17) is 28.9 Å². The first-order chi connectivity index (χ1) is 10.0. The van der Waals surface area contributed by atoms with Crippen LogP contribution in [0.1, 0.15) is 5.56 Å². The Balaban J connectivity index is 2.06. The van der Waals surface area contributed by atoms with Crippen molar-refractivity contribution in [2.75, 3.05) is 5.73 Å². The zero-order chi connectivity index (χ0) is 15.0. The summed E-state index contributed by atoms with van der Waals surface area (Å²) >= 11 is 13.8. The fraction of sp³-hybridized carbons (Fsp3) is 0.0714. The highest BCUT2D eigenvalue weighted by molar-refractivity contribution is 7.18. The van der Waals surface area contributed by atoms with Gasteiger partial charge in [-0.3, -0.25) is 0 Å². The predicted molar refractivity (Wildman–Crippen MR) is 87.7 cm³/mol. The van der Waals surface area contributed by atoms with Crippen molar-refractivity contribution in [2.45, 2.75) is 6.92 Å². The van der Waals surface area contributed by atoms with Crippen LogP contribution < -0.4 is 5.73 Å². The zero-order valence-electron chi connectivity index (χ0n) is 11.0. The van der Waals surface area contributed by atoms with Gasteiger partial charge in [-0.1, -0.05) is 35.3 Å². The van der Waals surface area contributed by atoms with E-state index in [-0.39, 0.29) is 5.95 Å². The number of aromatic nitrogens is 3. The molecule has 0 aliphatic rings. The van der Waals surface area contributed by atoms with Crippen LogP contribution in [0.15, 0.2) is 30.6 Å². The fourth-order valence-corrected chi connectivity index (χ4v) is 3.44. The maximum absolute atomic E-state index is 6.27. The largest absolute Gasteiger partial charge is 0.368 e. The zero-order valence-corrected chi connectivity index (χ0v) is 13.3. The monoisotopic (exact) mass is 336 g/mol. The highest BCUT2D eigenvalue weighted by Gasteiger charge is 2.13. The normalized spacial score (nSPS) is 10.8. The first-order valence-electron chi connectivity index (χ1n) is 6.05. The topological polar surface area (TPSA) is 64.7 Å². The first-order valence-corrected chi connectivity index (χ1v) is 7.62. The van der Waals surface area contributed by atoms with Crippen molar-refractivity contribution < 1.29 is 0 Å².